The van der Waals surface area contributed by atoms with Crippen LogP contribution in [-0.2, 0) is 16.0 Å². The van der Waals surface area contributed by atoms with Crippen molar-refractivity contribution in [3.8, 4) is 5.75 Å². The molecule has 1 aromatic rings. The smallest absolute Gasteiger partial charge is 0.308 e. The summed E-state index contributed by atoms with van der Waals surface area (Å²) in [6.07, 6.45) is 1.60. The van der Waals surface area contributed by atoms with Gasteiger partial charge in [-0.3, -0.25) is 9.59 Å². The maximum atomic E-state index is 12.0. The van der Waals surface area contributed by atoms with Gasteiger partial charge in [0.2, 0.25) is 5.91 Å². The number of ether oxygens (including phenoxy) is 1. The lowest BCUT2D eigenvalue weighted by Crippen LogP contribution is -2.30. The molecule has 0 aliphatic carbocycles. The fourth-order valence-corrected chi connectivity index (χ4v) is 2.43. The van der Waals surface area contributed by atoms with Crippen LogP contribution in [0.1, 0.15) is 18.4 Å². The third kappa shape index (κ3) is 4.63. The van der Waals surface area contributed by atoms with E-state index in [1.807, 2.05) is 24.3 Å². The summed E-state index contributed by atoms with van der Waals surface area (Å²) in [6.45, 7) is 0.889. The Morgan fingerprint density at radius 3 is 2.81 bits per heavy atom. The number of rotatable bonds is 5. The maximum Gasteiger partial charge on any atom is 0.308 e. The van der Waals surface area contributed by atoms with E-state index in [1.54, 1.807) is 12.0 Å². The first kappa shape index (κ1) is 17.3. The summed E-state index contributed by atoms with van der Waals surface area (Å²) >= 11 is 0. The predicted octanol–water partition coefficient (Wildman–Crippen LogP) is 1.98. The quantitative estimate of drug-likeness (QED) is 0.902. The molecule has 0 bridgehead atoms. The van der Waals surface area contributed by atoms with Crippen molar-refractivity contribution in [3.05, 3.63) is 29.8 Å². The molecule has 1 saturated heterocycles. The number of aryl methyl sites for hydroxylation is 1. The summed E-state index contributed by atoms with van der Waals surface area (Å²) in [4.78, 5) is 24.6. The first-order valence-corrected chi connectivity index (χ1v) is 6.73. The summed E-state index contributed by atoms with van der Waals surface area (Å²) in [5.74, 6) is -0.414. The zero-order valence-corrected chi connectivity index (χ0v) is 12.8. The van der Waals surface area contributed by atoms with Gasteiger partial charge in [-0.15, -0.1) is 12.4 Å². The molecule has 6 heteroatoms. The van der Waals surface area contributed by atoms with E-state index in [0.717, 1.165) is 11.3 Å². The number of hydrogen-bond acceptors (Lipinski definition) is 3. The highest BCUT2D eigenvalue weighted by molar-refractivity contribution is 5.85. The standard InChI is InChI=1S/C15H19NO4.ClH/c1-20-13-4-2-3-11(9-13)5-6-14(17)16-8-7-12(10-16)15(18)19;/h2-4,9,12H,5-8,10H2,1H3,(H,18,19);1H. The Balaban J connectivity index is 0.00000220. The topological polar surface area (TPSA) is 66.8 Å². The average Bonchev–Trinajstić information content (AvgIpc) is 2.95. The van der Waals surface area contributed by atoms with Gasteiger partial charge in [0.15, 0.2) is 0 Å². The second-order valence-corrected chi connectivity index (χ2v) is 5.02. The van der Waals surface area contributed by atoms with Crippen LogP contribution >= 0.6 is 12.4 Å². The van der Waals surface area contributed by atoms with Crippen LogP contribution in [0, 0.1) is 5.92 Å². The summed E-state index contributed by atoms with van der Waals surface area (Å²) in [5.41, 5.74) is 1.05. The number of amides is 1. The average molecular weight is 314 g/mol. The minimum absolute atomic E-state index is 0. The van der Waals surface area contributed by atoms with Crippen molar-refractivity contribution in [3.63, 3.8) is 0 Å². The molecule has 1 atom stereocenters. The molecule has 21 heavy (non-hydrogen) atoms. The normalized spacial score (nSPS) is 17.2. The minimum Gasteiger partial charge on any atom is -0.497 e. The van der Waals surface area contributed by atoms with E-state index in [2.05, 4.69) is 0 Å². The molecular weight excluding hydrogens is 294 g/mol. The molecule has 1 aromatic carbocycles. The minimum atomic E-state index is -0.812. The molecule has 1 unspecified atom stereocenters. The molecule has 1 aliphatic heterocycles. The zero-order valence-electron chi connectivity index (χ0n) is 11.9. The van der Waals surface area contributed by atoms with Gasteiger partial charge in [0.1, 0.15) is 5.75 Å². The first-order chi connectivity index (χ1) is 9.60. The second kappa shape index (κ2) is 7.88. The zero-order chi connectivity index (χ0) is 14.5. The molecule has 0 aromatic heterocycles. The van der Waals surface area contributed by atoms with Crippen LogP contribution in [0.25, 0.3) is 0 Å². The largest absolute Gasteiger partial charge is 0.497 e. The molecule has 1 amide bonds. The van der Waals surface area contributed by atoms with Crippen molar-refractivity contribution < 1.29 is 19.4 Å². The Kier molecular flexibility index (Phi) is 6.49. The number of carboxylic acid groups (broad SMARTS) is 1. The molecular formula is C15H20ClNO4. The van der Waals surface area contributed by atoms with Gasteiger partial charge in [-0.05, 0) is 30.5 Å². The van der Waals surface area contributed by atoms with Crippen molar-refractivity contribution in [2.45, 2.75) is 19.3 Å². The van der Waals surface area contributed by atoms with E-state index in [0.29, 0.717) is 32.4 Å². The van der Waals surface area contributed by atoms with Crippen molar-refractivity contribution in [1.29, 1.82) is 0 Å². The molecule has 1 aliphatic rings. The Hall–Kier alpha value is -1.75. The molecule has 0 radical (unpaired) electrons. The van der Waals surface area contributed by atoms with E-state index in [4.69, 9.17) is 9.84 Å². The highest BCUT2D eigenvalue weighted by Gasteiger charge is 2.30. The van der Waals surface area contributed by atoms with E-state index in [1.165, 1.54) is 0 Å². The lowest BCUT2D eigenvalue weighted by Gasteiger charge is -2.15. The van der Waals surface area contributed by atoms with Gasteiger partial charge < -0.3 is 14.7 Å². The molecule has 1 N–H and O–H groups in total. The summed E-state index contributed by atoms with van der Waals surface area (Å²) < 4.78 is 5.14. The van der Waals surface area contributed by atoms with Crippen LogP contribution < -0.4 is 4.74 Å². The third-order valence-corrected chi connectivity index (χ3v) is 3.65. The molecule has 0 saturated carbocycles. The van der Waals surface area contributed by atoms with E-state index < -0.39 is 11.9 Å². The van der Waals surface area contributed by atoms with E-state index in [-0.39, 0.29) is 18.3 Å². The SMILES string of the molecule is COc1cccc(CCC(=O)N2CCC(C(=O)O)C2)c1.Cl. The molecule has 116 valence electrons. The first-order valence-electron chi connectivity index (χ1n) is 6.73. The predicted molar refractivity (Wildman–Crippen MR) is 80.9 cm³/mol. The number of likely N-dealkylation sites (tertiary alicyclic amines) is 1. The number of aliphatic carboxylic acids is 1. The van der Waals surface area contributed by atoms with Crippen LogP contribution in [0.15, 0.2) is 24.3 Å². The van der Waals surface area contributed by atoms with Crippen LogP contribution in [0.3, 0.4) is 0 Å². The van der Waals surface area contributed by atoms with Crippen molar-refractivity contribution in [2.75, 3.05) is 20.2 Å². The number of methoxy groups -OCH3 is 1. The fraction of sp³-hybridized carbons (Fsp3) is 0.467. The number of benzene rings is 1. The Morgan fingerprint density at radius 2 is 2.19 bits per heavy atom. The lowest BCUT2D eigenvalue weighted by molar-refractivity contribution is -0.141. The van der Waals surface area contributed by atoms with Crippen molar-refractivity contribution >= 4 is 24.3 Å². The number of carbonyl (C=O) groups is 2. The van der Waals surface area contributed by atoms with E-state index >= 15 is 0 Å². The van der Waals surface area contributed by atoms with Gasteiger partial charge in [0.25, 0.3) is 0 Å². The molecule has 1 heterocycles. The number of carbonyl (C=O) groups excluding carboxylic acids is 1. The second-order valence-electron chi connectivity index (χ2n) is 5.02. The molecule has 2 rings (SSSR count). The number of hydrogen-bond donors (Lipinski definition) is 1. The fourth-order valence-electron chi connectivity index (χ4n) is 2.43. The Bertz CT molecular complexity index is 506. The third-order valence-electron chi connectivity index (χ3n) is 3.65. The van der Waals surface area contributed by atoms with Crippen molar-refractivity contribution in [1.82, 2.24) is 4.90 Å². The lowest BCUT2D eigenvalue weighted by atomic mass is 10.1. The highest BCUT2D eigenvalue weighted by Crippen LogP contribution is 2.19. The van der Waals surface area contributed by atoms with Crippen LogP contribution in [0.5, 0.6) is 5.75 Å². The Morgan fingerprint density at radius 1 is 1.43 bits per heavy atom. The van der Waals surface area contributed by atoms with Gasteiger partial charge in [-0.25, -0.2) is 0 Å². The maximum absolute atomic E-state index is 12.0. The van der Waals surface area contributed by atoms with E-state index in [9.17, 15) is 9.59 Å². The number of halogens is 1. The van der Waals surface area contributed by atoms with Crippen molar-refractivity contribution in [2.24, 2.45) is 5.92 Å². The van der Waals surface area contributed by atoms with Crippen LogP contribution in [0.2, 0.25) is 0 Å². The molecule has 1 fully saturated rings. The molecule has 0 spiro atoms. The monoisotopic (exact) mass is 313 g/mol. The van der Waals surface area contributed by atoms with Gasteiger partial charge in [0, 0.05) is 19.5 Å². The van der Waals surface area contributed by atoms with Gasteiger partial charge in [0.05, 0.1) is 13.0 Å². The van der Waals surface area contributed by atoms with Crippen LogP contribution in [0.4, 0.5) is 0 Å². The Labute approximate surface area is 130 Å². The molecule has 5 nitrogen and oxygen atoms in total. The van der Waals surface area contributed by atoms with Gasteiger partial charge in [-0.2, -0.15) is 0 Å². The van der Waals surface area contributed by atoms with Gasteiger partial charge >= 0.3 is 5.97 Å². The van der Waals surface area contributed by atoms with Crippen LogP contribution in [-0.4, -0.2) is 42.1 Å². The number of carboxylic acids is 1. The number of nitrogens with zero attached hydrogens (tertiary/aromatic N) is 1. The highest BCUT2D eigenvalue weighted by atomic mass is 35.5. The summed E-state index contributed by atoms with van der Waals surface area (Å²) in [5, 5.41) is 8.93. The summed E-state index contributed by atoms with van der Waals surface area (Å²) in [6, 6.07) is 7.63. The van der Waals surface area contributed by atoms with Gasteiger partial charge in [-0.1, -0.05) is 12.1 Å². The summed E-state index contributed by atoms with van der Waals surface area (Å²) in [7, 11) is 1.61.